The molecule has 0 amide bonds. The highest BCUT2D eigenvalue weighted by atomic mass is 16.5. The number of anilines is 4. The van der Waals surface area contributed by atoms with Crippen LogP contribution in [-0.2, 0) is 9.47 Å². The summed E-state index contributed by atoms with van der Waals surface area (Å²) in [6.45, 7) is 9.57. The van der Waals surface area contributed by atoms with Crippen molar-refractivity contribution < 1.29 is 9.47 Å². The third-order valence-electron chi connectivity index (χ3n) is 6.59. The van der Waals surface area contributed by atoms with Crippen LogP contribution in [0.1, 0.15) is 5.56 Å². The molecular weight excluding hydrogens is 478 g/mol. The number of ether oxygens (including phenoxy) is 2. The average molecular weight is 512 g/mol. The zero-order valence-corrected chi connectivity index (χ0v) is 21.8. The topological polar surface area (TPSA) is 95.9 Å². The number of benzene rings is 3. The summed E-state index contributed by atoms with van der Waals surface area (Å²) in [5.74, 6) is 1.36. The van der Waals surface area contributed by atoms with Crippen molar-refractivity contribution in [1.29, 1.82) is 0 Å². The molecule has 38 heavy (non-hydrogen) atoms. The van der Waals surface area contributed by atoms with Crippen LogP contribution in [0.4, 0.5) is 22.9 Å². The van der Waals surface area contributed by atoms with Gasteiger partial charge in [0.25, 0.3) is 0 Å². The summed E-state index contributed by atoms with van der Waals surface area (Å²) in [4.78, 5) is 12.3. The molecule has 4 aromatic rings. The van der Waals surface area contributed by atoms with E-state index in [4.69, 9.17) is 19.4 Å². The third kappa shape index (κ3) is 5.91. The van der Waals surface area contributed by atoms with E-state index in [-0.39, 0.29) is 6.23 Å². The second-order valence-corrected chi connectivity index (χ2v) is 9.16. The molecule has 5 rings (SSSR count). The van der Waals surface area contributed by atoms with Gasteiger partial charge in [0.2, 0.25) is 0 Å². The molecule has 1 aliphatic heterocycles. The van der Waals surface area contributed by atoms with Crippen LogP contribution in [0, 0.1) is 6.92 Å². The van der Waals surface area contributed by atoms with Gasteiger partial charge in [-0.05, 0) is 55.0 Å². The number of hydrazone groups is 1. The molecule has 1 fully saturated rings. The van der Waals surface area contributed by atoms with Gasteiger partial charge in [0.15, 0.2) is 5.82 Å². The first-order valence-corrected chi connectivity index (χ1v) is 12.7. The van der Waals surface area contributed by atoms with E-state index in [1.165, 1.54) is 0 Å². The summed E-state index contributed by atoms with van der Waals surface area (Å²) in [7, 11) is 1.73. The molecule has 1 aliphatic rings. The molecule has 1 aromatic heterocycles. The van der Waals surface area contributed by atoms with Gasteiger partial charge in [0.1, 0.15) is 12.0 Å². The van der Waals surface area contributed by atoms with Gasteiger partial charge in [0.05, 0.1) is 24.4 Å². The van der Waals surface area contributed by atoms with Gasteiger partial charge in [-0.1, -0.05) is 24.3 Å². The minimum absolute atomic E-state index is 0.188. The predicted molar refractivity (Wildman–Crippen MR) is 154 cm³/mol. The molecule has 0 bridgehead atoms. The number of hydrogen-bond acceptors (Lipinski definition) is 9. The summed E-state index contributed by atoms with van der Waals surface area (Å²) in [5, 5.41) is 11.8. The summed E-state index contributed by atoms with van der Waals surface area (Å²) in [6, 6.07) is 22.1. The molecule has 2 heterocycles. The van der Waals surface area contributed by atoms with E-state index in [9.17, 15) is 0 Å². The van der Waals surface area contributed by atoms with Crippen LogP contribution in [0.2, 0.25) is 0 Å². The molecule has 0 radical (unpaired) electrons. The van der Waals surface area contributed by atoms with Gasteiger partial charge in [-0.15, -0.1) is 0 Å². The maximum absolute atomic E-state index is 5.80. The normalized spacial score (nSPS) is 14.7. The Bertz CT molecular complexity index is 1410. The Morgan fingerprint density at radius 1 is 1.03 bits per heavy atom. The first-order valence-electron chi connectivity index (χ1n) is 12.7. The number of methoxy groups -OCH3 is 1. The van der Waals surface area contributed by atoms with Gasteiger partial charge in [-0.25, -0.2) is 9.97 Å². The van der Waals surface area contributed by atoms with E-state index < -0.39 is 0 Å². The molecule has 9 nitrogen and oxygen atoms in total. The van der Waals surface area contributed by atoms with Gasteiger partial charge in [-0.2, -0.15) is 5.10 Å². The highest BCUT2D eigenvalue weighted by Crippen LogP contribution is 2.32. The van der Waals surface area contributed by atoms with Crippen LogP contribution in [0.5, 0.6) is 0 Å². The SMILES string of the molecule is C=NNc1ccc(Nc2nc(-c3ccccc3NC(CN3CCOCC3)OC)nc3ccccc23)cc1C. The van der Waals surface area contributed by atoms with Gasteiger partial charge in [-0.3, -0.25) is 10.3 Å². The fourth-order valence-corrected chi connectivity index (χ4v) is 4.56. The van der Waals surface area contributed by atoms with Crippen LogP contribution >= 0.6 is 0 Å². The number of fused-ring (bicyclic) bond motifs is 1. The van der Waals surface area contributed by atoms with Gasteiger partial charge >= 0.3 is 0 Å². The lowest BCUT2D eigenvalue weighted by atomic mass is 10.1. The Labute approximate surface area is 222 Å². The van der Waals surface area contributed by atoms with Crippen molar-refractivity contribution >= 4 is 40.5 Å². The van der Waals surface area contributed by atoms with E-state index >= 15 is 0 Å². The number of hydrogen-bond donors (Lipinski definition) is 3. The number of nitrogens with zero attached hydrogens (tertiary/aromatic N) is 4. The zero-order valence-electron chi connectivity index (χ0n) is 21.8. The minimum atomic E-state index is -0.188. The lowest BCUT2D eigenvalue weighted by Crippen LogP contribution is -2.43. The van der Waals surface area contributed by atoms with E-state index in [1.807, 2.05) is 73.7 Å². The van der Waals surface area contributed by atoms with Crippen LogP contribution in [-0.4, -0.2) is 67.8 Å². The lowest BCUT2D eigenvalue weighted by molar-refractivity contribution is 0.00994. The third-order valence-corrected chi connectivity index (χ3v) is 6.59. The zero-order chi connectivity index (χ0) is 26.3. The highest BCUT2D eigenvalue weighted by Gasteiger charge is 2.19. The second-order valence-electron chi connectivity index (χ2n) is 9.16. The molecule has 0 saturated carbocycles. The summed E-state index contributed by atoms with van der Waals surface area (Å²) >= 11 is 0. The van der Waals surface area contributed by atoms with Crippen LogP contribution in [0.25, 0.3) is 22.3 Å². The summed E-state index contributed by atoms with van der Waals surface area (Å²) in [6.07, 6.45) is -0.188. The van der Waals surface area contributed by atoms with Crippen LogP contribution < -0.4 is 16.1 Å². The minimum Gasteiger partial charge on any atom is -0.379 e. The molecule has 3 N–H and O–H groups in total. The van der Waals surface area contributed by atoms with Crippen LogP contribution in [0.3, 0.4) is 0 Å². The average Bonchev–Trinajstić information content (AvgIpc) is 2.95. The Morgan fingerprint density at radius 3 is 2.61 bits per heavy atom. The molecule has 196 valence electrons. The molecule has 1 atom stereocenters. The number of rotatable bonds is 10. The lowest BCUT2D eigenvalue weighted by Gasteiger charge is -2.30. The molecule has 0 spiro atoms. The van der Waals surface area contributed by atoms with Crippen LogP contribution in [0.15, 0.2) is 71.8 Å². The van der Waals surface area contributed by atoms with Crippen molar-refractivity contribution in [3.05, 3.63) is 72.3 Å². The number of aromatic nitrogens is 2. The number of nitrogens with one attached hydrogen (secondary N) is 3. The Kier molecular flexibility index (Phi) is 8.08. The summed E-state index contributed by atoms with van der Waals surface area (Å²) in [5.41, 5.74) is 8.46. The quantitative estimate of drug-likeness (QED) is 0.154. The molecule has 9 heteroatoms. The smallest absolute Gasteiger partial charge is 0.164 e. The largest absolute Gasteiger partial charge is 0.379 e. The van der Waals surface area contributed by atoms with Crippen molar-refractivity contribution in [3.8, 4) is 11.4 Å². The maximum Gasteiger partial charge on any atom is 0.164 e. The van der Waals surface area contributed by atoms with E-state index in [0.29, 0.717) is 5.82 Å². The number of aryl methyl sites for hydroxylation is 1. The molecule has 3 aromatic carbocycles. The molecule has 1 unspecified atom stereocenters. The first-order chi connectivity index (χ1) is 18.6. The van der Waals surface area contributed by atoms with E-state index in [0.717, 1.165) is 77.8 Å². The predicted octanol–water partition coefficient (Wildman–Crippen LogP) is 5.09. The first kappa shape index (κ1) is 25.6. The standard InChI is InChI=1S/C29H33N7O2/c1-20-18-21(12-13-24(20)35-30-2)31-28-23-9-5-7-11-26(23)33-29(34-28)22-8-4-6-10-25(22)32-27(37-3)19-36-14-16-38-17-15-36/h4-13,18,27,32,35H,2,14-17,19H2,1,3H3,(H,31,33,34). The Morgan fingerprint density at radius 2 is 1.82 bits per heavy atom. The Hall–Kier alpha value is -4.05. The van der Waals surface area contributed by atoms with Crippen molar-refractivity contribution in [1.82, 2.24) is 14.9 Å². The fraction of sp³-hybridized carbons (Fsp3) is 0.276. The number of para-hydroxylation sites is 2. The van der Waals surface area contributed by atoms with Crippen molar-refractivity contribution in [2.75, 3.05) is 56.0 Å². The molecule has 0 aliphatic carbocycles. The van der Waals surface area contributed by atoms with Gasteiger partial charge in [0, 0.05) is 55.8 Å². The van der Waals surface area contributed by atoms with E-state index in [1.54, 1.807) is 7.11 Å². The van der Waals surface area contributed by atoms with E-state index in [2.05, 4.69) is 32.8 Å². The second kappa shape index (κ2) is 12.0. The monoisotopic (exact) mass is 511 g/mol. The molecule has 1 saturated heterocycles. The van der Waals surface area contributed by atoms with Crippen molar-refractivity contribution in [3.63, 3.8) is 0 Å². The van der Waals surface area contributed by atoms with Crippen molar-refractivity contribution in [2.45, 2.75) is 13.2 Å². The molecular formula is C29H33N7O2. The van der Waals surface area contributed by atoms with Crippen molar-refractivity contribution in [2.24, 2.45) is 5.10 Å². The number of morpholine rings is 1. The Balaban J connectivity index is 1.47. The van der Waals surface area contributed by atoms with Gasteiger partial charge < -0.3 is 20.1 Å². The maximum atomic E-state index is 5.80. The fourth-order valence-electron chi connectivity index (χ4n) is 4.56. The highest BCUT2D eigenvalue weighted by molar-refractivity contribution is 5.93. The summed E-state index contributed by atoms with van der Waals surface area (Å²) < 4.78 is 11.3.